The molecule has 0 radical (unpaired) electrons. The second-order valence-corrected chi connectivity index (χ2v) is 5.99. The van der Waals surface area contributed by atoms with Crippen LogP contribution in [0.4, 0.5) is 5.69 Å². The van der Waals surface area contributed by atoms with E-state index in [1.807, 2.05) is 12.3 Å². The maximum absolute atomic E-state index is 11.8. The van der Waals surface area contributed by atoms with Gasteiger partial charge < -0.3 is 19.5 Å². The Kier molecular flexibility index (Phi) is 5.82. The van der Waals surface area contributed by atoms with E-state index in [-0.39, 0.29) is 5.56 Å². The van der Waals surface area contributed by atoms with Gasteiger partial charge in [-0.2, -0.15) is 0 Å². The highest BCUT2D eigenvalue weighted by atomic mass is 16.5. The first-order valence-corrected chi connectivity index (χ1v) is 7.80. The fraction of sp³-hybridized carbons (Fsp3) is 0.688. The Bertz CT molecular complexity index is 491. The minimum Gasteiger partial charge on any atom is -0.383 e. The van der Waals surface area contributed by atoms with Crippen LogP contribution in [0.5, 0.6) is 0 Å². The molecule has 2 heterocycles. The topological polar surface area (TPSA) is 46.5 Å². The van der Waals surface area contributed by atoms with Crippen molar-refractivity contribution in [3.8, 4) is 0 Å². The van der Waals surface area contributed by atoms with Crippen molar-refractivity contribution in [2.45, 2.75) is 45.3 Å². The second kappa shape index (κ2) is 7.61. The zero-order valence-corrected chi connectivity index (χ0v) is 13.3. The molecule has 0 aliphatic carbocycles. The lowest BCUT2D eigenvalue weighted by Gasteiger charge is -2.35. The van der Waals surface area contributed by atoms with E-state index in [1.165, 1.54) is 0 Å². The van der Waals surface area contributed by atoms with E-state index in [9.17, 15) is 4.79 Å². The molecule has 1 aromatic rings. The van der Waals surface area contributed by atoms with Crippen LogP contribution in [0.25, 0.3) is 0 Å². The molecular weight excluding hydrogens is 266 g/mol. The third kappa shape index (κ3) is 4.58. The molecule has 118 valence electrons. The predicted molar refractivity (Wildman–Crippen MR) is 85.9 cm³/mol. The van der Waals surface area contributed by atoms with Gasteiger partial charge >= 0.3 is 0 Å². The van der Waals surface area contributed by atoms with E-state index >= 15 is 0 Å². The van der Waals surface area contributed by atoms with Crippen molar-refractivity contribution < 1.29 is 4.74 Å². The number of pyridine rings is 1. The number of hydrogen-bond donors (Lipinski definition) is 1. The number of nitrogens with zero attached hydrogens (tertiary/aromatic N) is 2. The van der Waals surface area contributed by atoms with Crippen LogP contribution in [0.3, 0.4) is 0 Å². The van der Waals surface area contributed by atoms with Crippen LogP contribution in [0.15, 0.2) is 23.1 Å². The number of piperidine rings is 1. The fourth-order valence-corrected chi connectivity index (χ4v) is 2.78. The standard InChI is InChI=1S/C16H27N3O2/c1-13(2)18-8-6-14(7-9-18)17-15-4-5-16(20)19(12-15)10-11-21-3/h4-5,12-14,17H,6-11H2,1-3H3. The third-order valence-electron chi connectivity index (χ3n) is 4.15. The van der Waals surface area contributed by atoms with Gasteiger partial charge in [0.2, 0.25) is 0 Å². The van der Waals surface area contributed by atoms with Crippen LogP contribution in [0.1, 0.15) is 26.7 Å². The molecule has 0 amide bonds. The second-order valence-electron chi connectivity index (χ2n) is 5.99. The van der Waals surface area contributed by atoms with E-state index in [2.05, 4.69) is 24.1 Å². The summed E-state index contributed by atoms with van der Waals surface area (Å²) >= 11 is 0. The summed E-state index contributed by atoms with van der Waals surface area (Å²) in [6.07, 6.45) is 4.20. The average Bonchev–Trinajstić information content (AvgIpc) is 2.48. The number of rotatable bonds is 6. The normalized spacial score (nSPS) is 17.3. The Balaban J connectivity index is 1.93. The Labute approximate surface area is 126 Å². The molecule has 5 heteroatoms. The van der Waals surface area contributed by atoms with Crippen molar-refractivity contribution in [2.75, 3.05) is 32.1 Å². The van der Waals surface area contributed by atoms with Gasteiger partial charge in [-0.15, -0.1) is 0 Å². The molecule has 1 aliphatic rings. The van der Waals surface area contributed by atoms with E-state index in [4.69, 9.17) is 4.74 Å². The van der Waals surface area contributed by atoms with Gasteiger partial charge in [0, 0.05) is 51.1 Å². The average molecular weight is 293 g/mol. The molecule has 0 atom stereocenters. The molecule has 1 saturated heterocycles. The van der Waals surface area contributed by atoms with Crippen molar-refractivity contribution in [1.82, 2.24) is 9.47 Å². The summed E-state index contributed by atoms with van der Waals surface area (Å²) in [6, 6.07) is 4.62. The summed E-state index contributed by atoms with van der Waals surface area (Å²) in [5, 5.41) is 3.56. The maximum atomic E-state index is 11.8. The van der Waals surface area contributed by atoms with E-state index in [1.54, 1.807) is 17.7 Å². The van der Waals surface area contributed by atoms with Crippen LogP contribution in [-0.2, 0) is 11.3 Å². The molecule has 0 saturated carbocycles. The molecule has 0 bridgehead atoms. The number of aromatic nitrogens is 1. The van der Waals surface area contributed by atoms with E-state index in [0.717, 1.165) is 31.6 Å². The number of ether oxygens (including phenoxy) is 1. The molecule has 1 aliphatic heterocycles. The number of methoxy groups -OCH3 is 1. The molecule has 5 nitrogen and oxygen atoms in total. The summed E-state index contributed by atoms with van der Waals surface area (Å²) < 4.78 is 6.74. The molecule has 1 fully saturated rings. The largest absolute Gasteiger partial charge is 0.383 e. The van der Waals surface area contributed by atoms with Crippen molar-refractivity contribution in [3.05, 3.63) is 28.7 Å². The first-order chi connectivity index (χ1) is 10.1. The summed E-state index contributed by atoms with van der Waals surface area (Å²) in [5.41, 5.74) is 1.04. The number of nitrogens with one attached hydrogen (secondary N) is 1. The van der Waals surface area contributed by atoms with Crippen molar-refractivity contribution >= 4 is 5.69 Å². The van der Waals surface area contributed by atoms with Gasteiger partial charge in [0.15, 0.2) is 0 Å². The highest BCUT2D eigenvalue weighted by Gasteiger charge is 2.20. The highest BCUT2D eigenvalue weighted by Crippen LogP contribution is 2.17. The molecule has 21 heavy (non-hydrogen) atoms. The van der Waals surface area contributed by atoms with Crippen LogP contribution in [-0.4, -0.2) is 48.4 Å². The quantitative estimate of drug-likeness (QED) is 0.868. The Morgan fingerprint density at radius 2 is 2.05 bits per heavy atom. The number of hydrogen-bond acceptors (Lipinski definition) is 4. The van der Waals surface area contributed by atoms with Gasteiger partial charge in [-0.1, -0.05) is 0 Å². The zero-order valence-electron chi connectivity index (χ0n) is 13.3. The summed E-state index contributed by atoms with van der Waals surface area (Å²) in [7, 11) is 1.65. The first kappa shape index (κ1) is 16.0. The lowest BCUT2D eigenvalue weighted by molar-refractivity contribution is 0.177. The van der Waals surface area contributed by atoms with Crippen LogP contribution in [0, 0.1) is 0 Å². The van der Waals surface area contributed by atoms with Gasteiger partial charge in [0.1, 0.15) is 0 Å². The van der Waals surface area contributed by atoms with Gasteiger partial charge in [-0.25, -0.2) is 0 Å². The fourth-order valence-electron chi connectivity index (χ4n) is 2.78. The van der Waals surface area contributed by atoms with Crippen molar-refractivity contribution in [3.63, 3.8) is 0 Å². The third-order valence-corrected chi connectivity index (χ3v) is 4.15. The lowest BCUT2D eigenvalue weighted by Crippen LogP contribution is -2.42. The molecule has 0 unspecified atom stereocenters. The van der Waals surface area contributed by atoms with Gasteiger partial charge in [0.05, 0.1) is 12.3 Å². The zero-order chi connectivity index (χ0) is 15.2. The Hall–Kier alpha value is -1.33. The summed E-state index contributed by atoms with van der Waals surface area (Å²) in [5.74, 6) is 0. The van der Waals surface area contributed by atoms with Crippen LogP contribution in [0.2, 0.25) is 0 Å². The molecule has 0 aromatic carbocycles. The molecule has 2 rings (SSSR count). The van der Waals surface area contributed by atoms with Gasteiger partial charge in [-0.05, 0) is 32.8 Å². The van der Waals surface area contributed by atoms with Crippen LogP contribution >= 0.6 is 0 Å². The lowest BCUT2D eigenvalue weighted by atomic mass is 10.0. The molecule has 1 N–H and O–H groups in total. The maximum Gasteiger partial charge on any atom is 0.250 e. The smallest absolute Gasteiger partial charge is 0.250 e. The monoisotopic (exact) mass is 293 g/mol. The summed E-state index contributed by atoms with van der Waals surface area (Å²) in [4.78, 5) is 14.3. The van der Waals surface area contributed by atoms with Gasteiger partial charge in [0.25, 0.3) is 5.56 Å². The predicted octanol–water partition coefficient (Wildman–Crippen LogP) is 1.78. The minimum atomic E-state index is 0.0206. The molecule has 0 spiro atoms. The highest BCUT2D eigenvalue weighted by molar-refractivity contribution is 5.41. The Morgan fingerprint density at radius 3 is 2.67 bits per heavy atom. The first-order valence-electron chi connectivity index (χ1n) is 7.80. The van der Waals surface area contributed by atoms with Crippen LogP contribution < -0.4 is 10.9 Å². The van der Waals surface area contributed by atoms with Crippen molar-refractivity contribution in [2.24, 2.45) is 0 Å². The number of anilines is 1. The van der Waals surface area contributed by atoms with E-state index in [0.29, 0.717) is 25.2 Å². The van der Waals surface area contributed by atoms with E-state index < -0.39 is 0 Å². The molecular formula is C16H27N3O2. The summed E-state index contributed by atoms with van der Waals surface area (Å²) in [6.45, 7) is 7.92. The Morgan fingerprint density at radius 1 is 1.33 bits per heavy atom. The van der Waals surface area contributed by atoms with Gasteiger partial charge in [-0.3, -0.25) is 4.79 Å². The SMILES string of the molecule is COCCn1cc(NC2CCN(C(C)C)CC2)ccc1=O. The molecule has 1 aromatic heterocycles. The minimum absolute atomic E-state index is 0.0206. The van der Waals surface area contributed by atoms with Crippen molar-refractivity contribution in [1.29, 1.82) is 0 Å². The number of likely N-dealkylation sites (tertiary alicyclic amines) is 1.